The number of rotatable bonds is 10. The summed E-state index contributed by atoms with van der Waals surface area (Å²) in [6.07, 6.45) is 6.75. The Balaban J connectivity index is 1.55. The van der Waals surface area contributed by atoms with Crippen molar-refractivity contribution < 1.29 is 23.0 Å². The average molecular weight is 435 g/mol. The van der Waals surface area contributed by atoms with Crippen molar-refractivity contribution in [3.05, 3.63) is 35.8 Å². The predicted octanol–water partition coefficient (Wildman–Crippen LogP) is 2.50. The van der Waals surface area contributed by atoms with E-state index in [-0.39, 0.29) is 24.1 Å². The lowest BCUT2D eigenvalue weighted by Crippen LogP contribution is -2.43. The minimum atomic E-state index is -0.862. The molecule has 0 saturated heterocycles. The molecule has 2 aliphatic carbocycles. The summed E-state index contributed by atoms with van der Waals surface area (Å²) < 4.78 is 40.1. The standard InChI is InChI=1S/C21H27F2N5O3/c1-30-10-16(14-7-13(22)8-25-21(14)31-2)28-9-15(19(23)27-28)26-20(29)18(24)17(11-3-4-11)12-5-6-12/h7-9,11-12,16-18H,3-6,10,24H2,1-2H3,(H,26,29)/t16?,18-/m0/s1. The van der Waals surface area contributed by atoms with Gasteiger partial charge in [0.2, 0.25) is 11.8 Å². The van der Waals surface area contributed by atoms with E-state index in [0.29, 0.717) is 17.4 Å². The number of nitrogens with two attached hydrogens (primary N) is 1. The molecular weight excluding hydrogens is 408 g/mol. The van der Waals surface area contributed by atoms with Crippen LogP contribution < -0.4 is 15.8 Å². The summed E-state index contributed by atoms with van der Waals surface area (Å²) >= 11 is 0. The number of aromatic nitrogens is 3. The first kappa shape index (κ1) is 21.6. The monoisotopic (exact) mass is 435 g/mol. The van der Waals surface area contributed by atoms with Crippen LogP contribution in [0.25, 0.3) is 0 Å². The summed E-state index contributed by atoms with van der Waals surface area (Å²) in [7, 11) is 2.87. The molecule has 8 nitrogen and oxygen atoms in total. The number of anilines is 1. The van der Waals surface area contributed by atoms with Gasteiger partial charge in [-0.15, -0.1) is 5.10 Å². The van der Waals surface area contributed by atoms with Gasteiger partial charge in [0.25, 0.3) is 5.95 Å². The predicted molar refractivity (Wildman–Crippen MR) is 108 cm³/mol. The normalized spacial score (nSPS) is 18.1. The van der Waals surface area contributed by atoms with E-state index >= 15 is 0 Å². The van der Waals surface area contributed by atoms with E-state index in [0.717, 1.165) is 31.9 Å². The lowest BCUT2D eigenvalue weighted by Gasteiger charge is -2.22. The number of carbonyl (C=O) groups excluding carboxylic acids is 1. The lowest BCUT2D eigenvalue weighted by atomic mass is 9.89. The van der Waals surface area contributed by atoms with Gasteiger partial charge in [0.15, 0.2) is 0 Å². The summed E-state index contributed by atoms with van der Waals surface area (Å²) in [5.41, 5.74) is 6.50. The molecular formula is C21H27F2N5O3. The van der Waals surface area contributed by atoms with Crippen molar-refractivity contribution in [1.82, 2.24) is 14.8 Å². The second-order valence-corrected chi connectivity index (χ2v) is 8.30. The van der Waals surface area contributed by atoms with Gasteiger partial charge in [-0.05, 0) is 49.5 Å². The van der Waals surface area contributed by atoms with E-state index < -0.39 is 29.8 Å². The van der Waals surface area contributed by atoms with Gasteiger partial charge in [0.05, 0.1) is 32.2 Å². The van der Waals surface area contributed by atoms with Crippen LogP contribution in [0.1, 0.15) is 37.3 Å². The molecule has 3 N–H and O–H groups in total. The second-order valence-electron chi connectivity index (χ2n) is 8.30. The molecule has 168 valence electrons. The molecule has 2 aliphatic rings. The third-order valence-electron chi connectivity index (χ3n) is 6.04. The molecule has 2 aromatic heterocycles. The summed E-state index contributed by atoms with van der Waals surface area (Å²) in [6.45, 7) is 0.0565. The fourth-order valence-electron chi connectivity index (χ4n) is 4.26. The molecule has 2 atom stereocenters. The van der Waals surface area contributed by atoms with Gasteiger partial charge in [-0.1, -0.05) is 0 Å². The zero-order valence-electron chi connectivity index (χ0n) is 17.6. The minimum absolute atomic E-state index is 0.0565. The topological polar surface area (TPSA) is 104 Å². The highest BCUT2D eigenvalue weighted by atomic mass is 19.1. The summed E-state index contributed by atoms with van der Waals surface area (Å²) in [5, 5.41) is 6.45. The van der Waals surface area contributed by atoms with E-state index in [1.807, 2.05) is 0 Å². The third-order valence-corrected chi connectivity index (χ3v) is 6.04. The van der Waals surface area contributed by atoms with Crippen molar-refractivity contribution in [2.24, 2.45) is 23.5 Å². The number of amides is 1. The third kappa shape index (κ3) is 4.69. The Hall–Kier alpha value is -2.59. The first-order valence-electron chi connectivity index (χ1n) is 10.4. The summed E-state index contributed by atoms with van der Waals surface area (Å²) in [5.74, 6) is -0.574. The number of pyridine rings is 1. The zero-order valence-corrected chi connectivity index (χ0v) is 17.6. The van der Waals surface area contributed by atoms with Crippen LogP contribution in [-0.2, 0) is 9.53 Å². The maximum Gasteiger partial charge on any atom is 0.256 e. The van der Waals surface area contributed by atoms with Crippen molar-refractivity contribution in [1.29, 1.82) is 0 Å². The van der Waals surface area contributed by atoms with Gasteiger partial charge < -0.3 is 20.5 Å². The molecule has 0 aromatic carbocycles. The van der Waals surface area contributed by atoms with E-state index in [4.69, 9.17) is 15.2 Å². The zero-order chi connectivity index (χ0) is 22.1. The Labute approximate surface area is 179 Å². The summed E-state index contributed by atoms with van der Waals surface area (Å²) in [4.78, 5) is 16.7. The van der Waals surface area contributed by atoms with Gasteiger partial charge in [0, 0.05) is 12.7 Å². The molecule has 2 fully saturated rings. The number of ether oxygens (including phenoxy) is 2. The van der Waals surface area contributed by atoms with E-state index in [1.54, 1.807) is 0 Å². The molecule has 31 heavy (non-hydrogen) atoms. The highest BCUT2D eigenvalue weighted by Gasteiger charge is 2.46. The highest BCUT2D eigenvalue weighted by molar-refractivity contribution is 5.94. The number of hydrogen-bond donors (Lipinski definition) is 2. The fraction of sp³-hybridized carbons (Fsp3) is 0.571. The number of nitrogens with zero attached hydrogens (tertiary/aromatic N) is 3. The number of methoxy groups -OCH3 is 2. The molecule has 0 spiro atoms. The smallest absolute Gasteiger partial charge is 0.256 e. The van der Waals surface area contributed by atoms with Crippen LogP contribution in [0.4, 0.5) is 14.5 Å². The Morgan fingerprint density at radius 3 is 2.55 bits per heavy atom. The lowest BCUT2D eigenvalue weighted by molar-refractivity contribution is -0.118. The van der Waals surface area contributed by atoms with Gasteiger partial charge in [0.1, 0.15) is 17.5 Å². The molecule has 2 saturated carbocycles. The number of hydrogen-bond acceptors (Lipinski definition) is 6. The minimum Gasteiger partial charge on any atom is -0.481 e. The number of carbonyl (C=O) groups is 1. The summed E-state index contributed by atoms with van der Waals surface area (Å²) in [6, 6.07) is -0.174. The van der Waals surface area contributed by atoms with Crippen LogP contribution in [0.15, 0.2) is 18.5 Å². The van der Waals surface area contributed by atoms with Gasteiger partial charge >= 0.3 is 0 Å². The van der Waals surface area contributed by atoms with Crippen molar-refractivity contribution >= 4 is 11.6 Å². The average Bonchev–Trinajstić information content (AvgIpc) is 3.67. The molecule has 0 radical (unpaired) electrons. The molecule has 1 amide bonds. The molecule has 2 aromatic rings. The second kappa shape index (κ2) is 8.88. The van der Waals surface area contributed by atoms with E-state index in [9.17, 15) is 13.6 Å². The molecule has 0 aliphatic heterocycles. The van der Waals surface area contributed by atoms with Gasteiger partial charge in [-0.3, -0.25) is 9.48 Å². The van der Waals surface area contributed by atoms with Crippen molar-refractivity contribution in [3.63, 3.8) is 0 Å². The molecule has 2 heterocycles. The van der Waals surface area contributed by atoms with E-state index in [2.05, 4.69) is 15.4 Å². The van der Waals surface area contributed by atoms with Crippen LogP contribution in [-0.4, -0.2) is 47.5 Å². The maximum absolute atomic E-state index is 14.6. The molecule has 4 rings (SSSR count). The first-order chi connectivity index (χ1) is 14.9. The van der Waals surface area contributed by atoms with E-state index in [1.165, 1.54) is 31.2 Å². The maximum atomic E-state index is 14.6. The van der Waals surface area contributed by atoms with Crippen LogP contribution in [0.3, 0.4) is 0 Å². The molecule has 0 bridgehead atoms. The fourth-order valence-corrected chi connectivity index (χ4v) is 4.26. The van der Waals surface area contributed by atoms with Gasteiger partial charge in [-0.25, -0.2) is 9.37 Å². The Bertz CT molecular complexity index is 933. The van der Waals surface area contributed by atoms with Crippen LogP contribution in [0.5, 0.6) is 5.88 Å². The quantitative estimate of drug-likeness (QED) is 0.594. The van der Waals surface area contributed by atoms with Crippen molar-refractivity contribution in [2.75, 3.05) is 26.1 Å². The highest BCUT2D eigenvalue weighted by Crippen LogP contribution is 2.50. The van der Waals surface area contributed by atoms with Crippen molar-refractivity contribution in [3.8, 4) is 5.88 Å². The Morgan fingerprint density at radius 2 is 1.97 bits per heavy atom. The first-order valence-corrected chi connectivity index (χ1v) is 10.4. The Morgan fingerprint density at radius 1 is 1.29 bits per heavy atom. The van der Waals surface area contributed by atoms with Crippen LogP contribution in [0, 0.1) is 29.5 Å². The molecule has 10 heteroatoms. The number of halogens is 2. The van der Waals surface area contributed by atoms with Crippen molar-refractivity contribution in [2.45, 2.75) is 37.8 Å². The molecule has 1 unspecified atom stereocenters. The SMILES string of the molecule is COCC(c1cc(F)cnc1OC)n1cc(NC(=O)[C@@H](N)C(C2CC2)C2CC2)c(F)n1. The number of nitrogens with one attached hydrogen (secondary N) is 1. The van der Waals surface area contributed by atoms with Crippen LogP contribution in [0.2, 0.25) is 0 Å². The Kier molecular flexibility index (Phi) is 6.19. The van der Waals surface area contributed by atoms with Crippen LogP contribution >= 0.6 is 0 Å². The largest absolute Gasteiger partial charge is 0.481 e. The van der Waals surface area contributed by atoms with Gasteiger partial charge in [-0.2, -0.15) is 4.39 Å².